The molecule has 140 heavy (non-hydrogen) atoms. The lowest BCUT2D eigenvalue weighted by atomic mass is 9.77. The minimum absolute atomic E-state index is 0.00605. The number of nitrogens with zero attached hydrogens (tertiary/aromatic N) is 9. The number of aliphatic carboxylic acids is 1. The van der Waals surface area contributed by atoms with Gasteiger partial charge in [-0.1, -0.05) is 102 Å². The van der Waals surface area contributed by atoms with Crippen LogP contribution in [0.2, 0.25) is 0 Å². The second kappa shape index (κ2) is 39.7. The molecule has 0 spiro atoms. The number of rotatable bonds is 6. The summed E-state index contributed by atoms with van der Waals surface area (Å²) in [4.78, 5) is 153. The molecule has 18 atom stereocenters. The molecule has 3 aliphatic carbocycles. The molecule has 6 aliphatic heterocycles. The summed E-state index contributed by atoms with van der Waals surface area (Å²) in [6, 6.07) is 10.7. The maximum absolute atomic E-state index is 16.1. The highest BCUT2D eigenvalue weighted by molar-refractivity contribution is 5.92. The number of hydrogen-bond donors (Lipinski definition) is 1. The van der Waals surface area contributed by atoms with Crippen molar-refractivity contribution >= 4 is 86.6 Å². The van der Waals surface area contributed by atoms with Gasteiger partial charge in [-0.05, 0) is 179 Å². The fourth-order valence-electron chi connectivity index (χ4n) is 20.1. The Hall–Kier alpha value is -11.0. The largest absolute Gasteiger partial charge is 0.497 e. The number of aromatic nitrogens is 6. The highest BCUT2D eigenvalue weighted by Gasteiger charge is 2.61. The van der Waals surface area contributed by atoms with E-state index in [0.29, 0.717) is 80.6 Å². The smallest absolute Gasteiger partial charge is 0.329 e. The zero-order valence-electron chi connectivity index (χ0n) is 84.9. The summed E-state index contributed by atoms with van der Waals surface area (Å²) in [5.41, 5.74) is -6.29. The minimum atomic E-state index is -3.57. The van der Waals surface area contributed by atoms with Gasteiger partial charge in [0.15, 0.2) is 17.1 Å². The topological polar surface area (TPSA) is 362 Å². The Morgan fingerprint density at radius 1 is 0.414 bits per heavy atom. The van der Waals surface area contributed by atoms with Gasteiger partial charge in [0, 0.05) is 66.5 Å². The number of carboxylic acids is 1. The van der Waals surface area contributed by atoms with Crippen LogP contribution in [0.5, 0.6) is 34.9 Å². The molecule has 9 heterocycles. The average molecular weight is 1960 g/mol. The monoisotopic (exact) mass is 1960 g/mol. The van der Waals surface area contributed by atoms with Crippen LogP contribution in [0.1, 0.15) is 265 Å². The van der Waals surface area contributed by atoms with Crippen LogP contribution in [0.4, 0.5) is 26.3 Å². The number of hydrogen-bond acceptors (Lipinski definition) is 26. The van der Waals surface area contributed by atoms with Gasteiger partial charge < -0.3 is 71.9 Å². The summed E-state index contributed by atoms with van der Waals surface area (Å²) in [5, 5.41) is 10.2. The molecule has 3 aromatic carbocycles. The third-order valence-electron chi connectivity index (χ3n) is 29.0. The van der Waals surface area contributed by atoms with Gasteiger partial charge in [-0.3, -0.25) is 28.8 Å². The second-order valence-electron chi connectivity index (χ2n) is 45.4. The number of benzene rings is 3. The molecule has 30 nitrogen and oxygen atoms in total. The zero-order valence-corrected chi connectivity index (χ0v) is 84.9. The van der Waals surface area contributed by atoms with Crippen molar-refractivity contribution in [2.75, 3.05) is 41.0 Å². The van der Waals surface area contributed by atoms with Crippen molar-refractivity contribution in [3.63, 3.8) is 0 Å². The van der Waals surface area contributed by atoms with E-state index in [4.69, 9.17) is 52.1 Å². The Balaban J connectivity index is 0.000000177. The van der Waals surface area contributed by atoms with E-state index in [0.717, 1.165) is 6.08 Å². The normalized spacial score (nSPS) is 30.4. The maximum atomic E-state index is 16.1. The SMILES string of the molecule is COc1ccc2nc3c(nc2c1)O[C@H]1CN(C(=O)[C@H](C(C)(C)C)CC(=O)O[C@@]2(C)C[C@@H]2CC/C=C/C3(F)F)[C@H](C(=O)OC(C)(C)C)[C@@H]1C.COc1ccc2nc3c(nc2c1)O[C@H]1CN(C(=O)[C@H](C(C)(C)C)CC(=O)O[C@]2(C)C[C@H]2CCCCC3(F)F)[C@H](C(=O)O)[C@@H]1C.COc1ccc2nc3c(nc2c1)O[C@H]1CN(C(=O)[C@H](C(C)(C)C)CC(=O)O[C@]2(C)C[C@H]2CCCCC3(F)F)[C@H](C(=O)OC(C)(C)C)[C@@H]1C. The van der Waals surface area contributed by atoms with Crippen LogP contribution in [-0.4, -0.2) is 209 Å². The van der Waals surface area contributed by atoms with Crippen LogP contribution in [0.15, 0.2) is 66.7 Å². The molecule has 3 amide bonds. The molecule has 0 radical (unpaired) electrons. The van der Waals surface area contributed by atoms with E-state index in [-0.39, 0.29) is 103 Å². The highest BCUT2D eigenvalue weighted by atomic mass is 19.3. The number of amides is 3. The van der Waals surface area contributed by atoms with E-state index in [1.165, 1.54) is 42.1 Å². The predicted molar refractivity (Wildman–Crippen MR) is 502 cm³/mol. The highest BCUT2D eigenvalue weighted by Crippen LogP contribution is 2.55. The van der Waals surface area contributed by atoms with Gasteiger partial charge in [-0.25, -0.2) is 44.3 Å². The first-order valence-corrected chi connectivity index (χ1v) is 48.6. The van der Waals surface area contributed by atoms with Gasteiger partial charge in [0.25, 0.3) is 11.8 Å². The number of ether oxygens (including phenoxy) is 11. The average Bonchev–Trinajstić information content (AvgIpc) is 1.64. The van der Waals surface area contributed by atoms with Crippen LogP contribution in [0.25, 0.3) is 33.1 Å². The lowest BCUT2D eigenvalue weighted by Crippen LogP contribution is -2.50. The van der Waals surface area contributed by atoms with Gasteiger partial charge in [0.1, 0.15) is 81.7 Å². The molecule has 3 aromatic heterocycles. The molecule has 9 aliphatic rings. The third-order valence-corrected chi connectivity index (χ3v) is 29.0. The first-order valence-electron chi connectivity index (χ1n) is 48.6. The Morgan fingerprint density at radius 3 is 1.02 bits per heavy atom. The van der Waals surface area contributed by atoms with Crippen molar-refractivity contribution in [3.8, 4) is 34.9 Å². The number of alkyl halides is 6. The summed E-state index contributed by atoms with van der Waals surface area (Å²) >= 11 is 0. The molecule has 1 N–H and O–H groups in total. The standard InChI is InChI=1S/C36H49F2N3O7.C36H47F2N3O7.C32H41F2N3O7/c2*1-20-26-19-41(28(20)32(44)48-34(5,6)7)31(43)23(33(2,3)4)17-27(42)47-35(8)18-21(35)12-10-11-15-36(37,38)29-30(46-26)40-25-16-22(45-9)13-14-24(25)39-29;1-17-23-16-37(25(17)29(40)41)28(39)20(30(2,3)4)14-24(38)44-31(5)15-18(31)9-7-8-12-32(33,34)26-27(43-23)36-22-13-19(42-6)10-11-21(22)35-26/h13-14,16,20-21,23,26,28H,10-12,15,17-19H2,1-9H3;11,13-16,20-21,23,26,28H,10,12,17-19H2,1-9H3;10-11,13,17-18,20,23,25H,7-9,12,14-16H2,1-6H3,(H,40,41)/b;15-11+;/t20-,21-,23-,26+,28+,35-;20-,21+,23-,26+,28+,35+;17-,18-,20-,23+,25+,31-/m111/s1. The molecule has 6 fully saturated rings. The lowest BCUT2D eigenvalue weighted by Gasteiger charge is -2.35. The number of carbonyl (C=O) groups is 9. The maximum Gasteiger partial charge on any atom is 0.329 e. The van der Waals surface area contributed by atoms with E-state index in [1.807, 2.05) is 83.1 Å². The molecule has 6 bridgehead atoms. The number of carboxylic acid groups (broad SMARTS) is 1. The van der Waals surface area contributed by atoms with Gasteiger partial charge in [0.05, 0.1) is 111 Å². The number of methoxy groups -OCH3 is 3. The number of esters is 5. The molecule has 6 aromatic rings. The van der Waals surface area contributed by atoms with Crippen LogP contribution < -0.4 is 28.4 Å². The molecule has 3 saturated heterocycles. The first-order chi connectivity index (χ1) is 65.0. The minimum Gasteiger partial charge on any atom is -0.497 e. The molecule has 36 heteroatoms. The molecule has 15 rings (SSSR count). The molecule has 0 unspecified atom stereocenters. The second-order valence-corrected chi connectivity index (χ2v) is 45.4. The van der Waals surface area contributed by atoms with Crippen molar-refractivity contribution in [1.29, 1.82) is 0 Å². The summed E-state index contributed by atoms with van der Waals surface area (Å²) in [7, 11) is 4.45. The van der Waals surface area contributed by atoms with Crippen molar-refractivity contribution in [2.45, 2.75) is 330 Å². The third kappa shape index (κ3) is 24.0. The fraction of sp³-hybridized carbons (Fsp3) is 0.663. The Morgan fingerprint density at radius 2 is 0.714 bits per heavy atom. The molecular formula is C104H137F6N9O21. The van der Waals surface area contributed by atoms with Crippen molar-refractivity contribution in [3.05, 3.63) is 83.8 Å². The first kappa shape index (κ1) is 106. The zero-order chi connectivity index (χ0) is 103. The van der Waals surface area contributed by atoms with Gasteiger partial charge >= 0.3 is 41.7 Å². The molecule has 766 valence electrons. The summed E-state index contributed by atoms with van der Waals surface area (Å²) in [6.07, 6.45) is 3.18. The van der Waals surface area contributed by atoms with E-state index in [2.05, 4.69) is 29.9 Å². The lowest BCUT2D eigenvalue weighted by molar-refractivity contribution is -0.167. The Bertz CT molecular complexity index is 5730. The van der Waals surface area contributed by atoms with E-state index in [1.54, 1.807) is 117 Å². The molecule has 3 saturated carbocycles. The summed E-state index contributed by atoms with van der Waals surface area (Å²) in [5.74, 6) is -20.4. The number of allylic oxidation sites excluding steroid dienone is 2. The summed E-state index contributed by atoms with van der Waals surface area (Å²) < 4.78 is 160. The van der Waals surface area contributed by atoms with Crippen molar-refractivity contribution in [1.82, 2.24) is 44.6 Å². The van der Waals surface area contributed by atoms with E-state index >= 15 is 26.3 Å². The van der Waals surface area contributed by atoms with Gasteiger partial charge in [-0.2, -0.15) is 26.3 Å². The number of halogens is 6. The Labute approximate surface area is 813 Å². The molecular weight excluding hydrogens is 1830 g/mol. The van der Waals surface area contributed by atoms with Gasteiger partial charge in [-0.15, -0.1) is 0 Å². The Kier molecular flexibility index (Phi) is 30.2. The number of fused-ring (bicyclic) bond motifs is 15. The number of carbonyl (C=O) groups excluding carboxylic acids is 8. The predicted octanol–water partition coefficient (Wildman–Crippen LogP) is 18.4. The van der Waals surface area contributed by atoms with Crippen LogP contribution >= 0.6 is 0 Å². The fourth-order valence-corrected chi connectivity index (χ4v) is 20.1. The van der Waals surface area contributed by atoms with Crippen LogP contribution in [0, 0.1) is 69.5 Å². The van der Waals surface area contributed by atoms with Crippen molar-refractivity contribution < 1.29 is 127 Å². The van der Waals surface area contributed by atoms with Crippen molar-refractivity contribution in [2.24, 2.45) is 69.5 Å². The summed E-state index contributed by atoms with van der Waals surface area (Å²) in [6.45, 7) is 37.0. The van der Waals surface area contributed by atoms with Crippen LogP contribution in [0.3, 0.4) is 0 Å². The van der Waals surface area contributed by atoms with Crippen LogP contribution in [-0.2, 0) is 84.6 Å². The van der Waals surface area contributed by atoms with E-state index < -0.39 is 229 Å². The van der Waals surface area contributed by atoms with Gasteiger partial charge in [0.2, 0.25) is 35.4 Å². The van der Waals surface area contributed by atoms with E-state index in [9.17, 15) is 48.3 Å². The quantitative estimate of drug-likeness (QED) is 0.0700.